The van der Waals surface area contributed by atoms with E-state index in [1.807, 2.05) is 0 Å². The number of likely N-dealkylation sites (N-methyl/N-ethyl adjacent to an activating group) is 1. The summed E-state index contributed by atoms with van der Waals surface area (Å²) in [5, 5.41) is 8.20. The lowest BCUT2D eigenvalue weighted by molar-refractivity contribution is 0.397. The van der Waals surface area contributed by atoms with Crippen LogP contribution in [0.5, 0.6) is 0 Å². The van der Waals surface area contributed by atoms with Crippen LogP contribution in [-0.2, 0) is 6.42 Å². The molecular weight excluding hydrogens is 234 g/mol. The van der Waals surface area contributed by atoms with Gasteiger partial charge >= 0.3 is 0 Å². The van der Waals surface area contributed by atoms with Crippen molar-refractivity contribution in [3.05, 3.63) is 18.0 Å². The molecular formula is C16H29N3. The lowest BCUT2D eigenvalue weighted by Gasteiger charge is -2.19. The fourth-order valence-corrected chi connectivity index (χ4v) is 3.12. The number of hydrogen-bond donors (Lipinski definition) is 1. The van der Waals surface area contributed by atoms with Crippen LogP contribution in [-0.4, -0.2) is 22.9 Å². The van der Waals surface area contributed by atoms with Crippen LogP contribution in [0.25, 0.3) is 0 Å². The zero-order valence-corrected chi connectivity index (χ0v) is 12.7. The lowest BCUT2D eigenvalue weighted by atomic mass is 9.96. The van der Waals surface area contributed by atoms with Crippen LogP contribution in [0.15, 0.2) is 12.3 Å². The molecule has 2 atom stereocenters. The van der Waals surface area contributed by atoms with Crippen LogP contribution in [0.2, 0.25) is 0 Å². The van der Waals surface area contributed by atoms with E-state index in [-0.39, 0.29) is 0 Å². The topological polar surface area (TPSA) is 29.9 Å². The Morgan fingerprint density at radius 1 is 1.42 bits per heavy atom. The van der Waals surface area contributed by atoms with Gasteiger partial charge in [-0.25, -0.2) is 0 Å². The third-order valence-corrected chi connectivity index (χ3v) is 4.66. The van der Waals surface area contributed by atoms with Crippen molar-refractivity contribution in [2.24, 2.45) is 5.92 Å². The normalized spacial score (nSPS) is 19.7. The smallest absolute Gasteiger partial charge is 0.0640 e. The predicted octanol–water partition coefficient (Wildman–Crippen LogP) is 3.56. The lowest BCUT2D eigenvalue weighted by Crippen LogP contribution is -2.29. The fraction of sp³-hybridized carbons (Fsp3) is 0.812. The van der Waals surface area contributed by atoms with Crippen LogP contribution in [0.4, 0.5) is 0 Å². The summed E-state index contributed by atoms with van der Waals surface area (Å²) in [4.78, 5) is 0. The molecule has 1 N–H and O–H groups in total. The van der Waals surface area contributed by atoms with E-state index in [0.29, 0.717) is 12.1 Å². The number of rotatable bonds is 7. The second-order valence-electron chi connectivity index (χ2n) is 6.12. The molecule has 1 fully saturated rings. The van der Waals surface area contributed by atoms with Gasteiger partial charge in [0.25, 0.3) is 0 Å². The van der Waals surface area contributed by atoms with E-state index in [2.05, 4.69) is 43.2 Å². The van der Waals surface area contributed by atoms with Crippen molar-refractivity contribution in [3.8, 4) is 0 Å². The fourth-order valence-electron chi connectivity index (χ4n) is 3.12. The average molecular weight is 263 g/mol. The summed E-state index contributed by atoms with van der Waals surface area (Å²) < 4.78 is 2.11. The molecule has 1 aromatic heterocycles. The summed E-state index contributed by atoms with van der Waals surface area (Å²) in [6.45, 7) is 4.44. The molecule has 0 spiro atoms. The molecule has 1 aliphatic carbocycles. The highest BCUT2D eigenvalue weighted by Crippen LogP contribution is 2.29. The summed E-state index contributed by atoms with van der Waals surface area (Å²) >= 11 is 0. The minimum absolute atomic E-state index is 0.511. The van der Waals surface area contributed by atoms with Gasteiger partial charge in [0.15, 0.2) is 0 Å². The van der Waals surface area contributed by atoms with E-state index in [9.17, 15) is 0 Å². The molecule has 108 valence electrons. The van der Waals surface area contributed by atoms with Gasteiger partial charge in [0.1, 0.15) is 0 Å². The summed E-state index contributed by atoms with van der Waals surface area (Å²) in [6.07, 6.45) is 11.4. The van der Waals surface area contributed by atoms with Crippen LogP contribution in [0.1, 0.15) is 64.1 Å². The third-order valence-electron chi connectivity index (χ3n) is 4.66. The van der Waals surface area contributed by atoms with Gasteiger partial charge < -0.3 is 5.32 Å². The standard InChI is InChI=1S/C16H29N3/c1-4-13(2)19-10-9-15(18-19)12-16(17-3)11-14-7-5-6-8-14/h9-10,13-14,16-17H,4-8,11-12H2,1-3H3. The van der Waals surface area contributed by atoms with Gasteiger partial charge in [0, 0.05) is 24.7 Å². The summed E-state index contributed by atoms with van der Waals surface area (Å²) in [6, 6.07) is 3.28. The van der Waals surface area contributed by atoms with Gasteiger partial charge in [-0.2, -0.15) is 5.10 Å². The molecule has 0 radical (unpaired) electrons. The van der Waals surface area contributed by atoms with Crippen molar-refractivity contribution >= 4 is 0 Å². The van der Waals surface area contributed by atoms with Crippen LogP contribution in [0.3, 0.4) is 0 Å². The molecule has 19 heavy (non-hydrogen) atoms. The van der Waals surface area contributed by atoms with Crippen LogP contribution < -0.4 is 5.32 Å². The number of nitrogens with one attached hydrogen (secondary N) is 1. The first kappa shape index (κ1) is 14.6. The molecule has 0 aromatic carbocycles. The largest absolute Gasteiger partial charge is 0.317 e. The van der Waals surface area contributed by atoms with Gasteiger partial charge in [-0.1, -0.05) is 32.6 Å². The quantitative estimate of drug-likeness (QED) is 0.815. The summed E-state index contributed by atoms with van der Waals surface area (Å²) in [5.41, 5.74) is 1.23. The van der Waals surface area contributed by atoms with E-state index < -0.39 is 0 Å². The Kier molecular flexibility index (Phi) is 5.44. The molecule has 0 bridgehead atoms. The molecule has 2 unspecified atom stereocenters. The van der Waals surface area contributed by atoms with Crippen LogP contribution in [0, 0.1) is 5.92 Å². The molecule has 1 aromatic rings. The Morgan fingerprint density at radius 2 is 2.16 bits per heavy atom. The third kappa shape index (κ3) is 4.07. The first-order chi connectivity index (χ1) is 9.22. The number of aromatic nitrogens is 2. The highest BCUT2D eigenvalue weighted by Gasteiger charge is 2.20. The maximum atomic E-state index is 4.72. The maximum absolute atomic E-state index is 4.72. The molecule has 3 heteroatoms. The van der Waals surface area contributed by atoms with Crippen LogP contribution >= 0.6 is 0 Å². The first-order valence-electron chi connectivity index (χ1n) is 7.94. The van der Waals surface area contributed by atoms with Crippen molar-refractivity contribution < 1.29 is 0 Å². The van der Waals surface area contributed by atoms with Gasteiger partial charge in [-0.3, -0.25) is 4.68 Å². The second kappa shape index (κ2) is 7.09. The Bertz CT molecular complexity index is 366. The second-order valence-corrected chi connectivity index (χ2v) is 6.12. The monoisotopic (exact) mass is 263 g/mol. The maximum Gasteiger partial charge on any atom is 0.0640 e. The van der Waals surface area contributed by atoms with Crippen molar-refractivity contribution in [2.75, 3.05) is 7.05 Å². The molecule has 2 rings (SSSR count). The van der Waals surface area contributed by atoms with E-state index in [4.69, 9.17) is 5.10 Å². The van der Waals surface area contributed by atoms with Gasteiger partial charge in [-0.15, -0.1) is 0 Å². The van der Waals surface area contributed by atoms with E-state index in [1.54, 1.807) is 0 Å². The number of nitrogens with zero attached hydrogens (tertiary/aromatic N) is 2. The zero-order valence-electron chi connectivity index (χ0n) is 12.7. The Hall–Kier alpha value is -0.830. The number of hydrogen-bond acceptors (Lipinski definition) is 2. The zero-order chi connectivity index (χ0) is 13.7. The predicted molar refractivity (Wildman–Crippen MR) is 80.4 cm³/mol. The molecule has 1 saturated carbocycles. The highest BCUT2D eigenvalue weighted by molar-refractivity contribution is 5.02. The Labute approximate surface area is 117 Å². The first-order valence-corrected chi connectivity index (χ1v) is 7.94. The SMILES string of the molecule is CCC(C)n1ccc(CC(CC2CCCC2)NC)n1. The van der Waals surface area contributed by atoms with Crippen molar-refractivity contribution in [1.29, 1.82) is 0 Å². The van der Waals surface area contributed by atoms with E-state index in [1.165, 1.54) is 37.8 Å². The minimum Gasteiger partial charge on any atom is -0.317 e. The molecule has 1 aliphatic rings. The summed E-state index contributed by atoms with van der Waals surface area (Å²) in [7, 11) is 2.09. The van der Waals surface area contributed by atoms with Crippen molar-refractivity contribution in [1.82, 2.24) is 15.1 Å². The van der Waals surface area contributed by atoms with E-state index in [0.717, 1.165) is 18.8 Å². The minimum atomic E-state index is 0.511. The Morgan fingerprint density at radius 3 is 2.79 bits per heavy atom. The van der Waals surface area contributed by atoms with Gasteiger partial charge in [0.2, 0.25) is 0 Å². The average Bonchev–Trinajstić information content (AvgIpc) is 3.08. The van der Waals surface area contributed by atoms with E-state index >= 15 is 0 Å². The molecule has 0 amide bonds. The molecule has 0 aliphatic heterocycles. The summed E-state index contributed by atoms with van der Waals surface area (Å²) in [5.74, 6) is 0.939. The van der Waals surface area contributed by atoms with Crippen molar-refractivity contribution in [3.63, 3.8) is 0 Å². The molecule has 1 heterocycles. The molecule has 3 nitrogen and oxygen atoms in total. The highest BCUT2D eigenvalue weighted by atomic mass is 15.3. The van der Waals surface area contributed by atoms with Gasteiger partial charge in [0.05, 0.1) is 5.69 Å². The van der Waals surface area contributed by atoms with Gasteiger partial charge in [-0.05, 0) is 38.8 Å². The molecule has 0 saturated heterocycles. The van der Waals surface area contributed by atoms with Crippen molar-refractivity contribution in [2.45, 2.75) is 70.9 Å². The Balaban J connectivity index is 1.88.